The molecule has 0 atom stereocenters. The number of amides is 1. The summed E-state index contributed by atoms with van der Waals surface area (Å²) in [5.74, 6) is -1.43. The number of carboxylic acid groups (broad SMARTS) is 1. The van der Waals surface area contributed by atoms with Crippen molar-refractivity contribution in [2.45, 2.75) is 39.3 Å². The molecule has 4 N–H and O–H groups in total. The van der Waals surface area contributed by atoms with Gasteiger partial charge in [-0.1, -0.05) is 5.21 Å². The molecule has 0 saturated heterocycles. The van der Waals surface area contributed by atoms with Crippen molar-refractivity contribution in [3.8, 4) is 0 Å². The minimum Gasteiger partial charge on any atom is -0.476 e. The van der Waals surface area contributed by atoms with Crippen molar-refractivity contribution >= 4 is 11.9 Å². The zero-order valence-corrected chi connectivity index (χ0v) is 11.3. The van der Waals surface area contributed by atoms with Crippen molar-refractivity contribution < 1.29 is 14.7 Å². The van der Waals surface area contributed by atoms with Crippen LogP contribution >= 0.6 is 0 Å². The molecule has 0 unspecified atom stereocenters. The van der Waals surface area contributed by atoms with E-state index in [1.54, 1.807) is 0 Å². The highest BCUT2D eigenvalue weighted by Crippen LogP contribution is 2.07. The van der Waals surface area contributed by atoms with Crippen LogP contribution in [0.4, 0.5) is 0 Å². The van der Waals surface area contributed by atoms with Gasteiger partial charge in [0.1, 0.15) is 6.54 Å². The summed E-state index contributed by atoms with van der Waals surface area (Å²) >= 11 is 0. The average molecular weight is 269 g/mol. The predicted molar refractivity (Wildman–Crippen MR) is 67.6 cm³/mol. The van der Waals surface area contributed by atoms with E-state index >= 15 is 0 Å². The number of nitrogens with zero attached hydrogens (tertiary/aromatic N) is 3. The Kier molecular flexibility index (Phi) is 4.60. The zero-order chi connectivity index (χ0) is 14.6. The summed E-state index contributed by atoms with van der Waals surface area (Å²) < 4.78 is 1.28. The Labute approximate surface area is 111 Å². The summed E-state index contributed by atoms with van der Waals surface area (Å²) in [6.45, 7) is 5.75. The van der Waals surface area contributed by atoms with Crippen LogP contribution in [0.2, 0.25) is 0 Å². The molecule has 0 radical (unpaired) electrons. The number of nitrogens with one attached hydrogen (secondary N) is 1. The van der Waals surface area contributed by atoms with E-state index in [0.29, 0.717) is 12.1 Å². The van der Waals surface area contributed by atoms with E-state index in [2.05, 4.69) is 15.6 Å². The quantitative estimate of drug-likeness (QED) is 0.655. The largest absolute Gasteiger partial charge is 0.476 e. The summed E-state index contributed by atoms with van der Waals surface area (Å²) in [7, 11) is 0. The Morgan fingerprint density at radius 1 is 1.42 bits per heavy atom. The molecule has 8 nitrogen and oxygen atoms in total. The monoisotopic (exact) mass is 269 g/mol. The van der Waals surface area contributed by atoms with Crippen LogP contribution < -0.4 is 11.1 Å². The number of nitrogens with two attached hydrogens (primary N) is 1. The van der Waals surface area contributed by atoms with E-state index in [1.165, 1.54) is 4.68 Å². The number of carboxylic acids is 1. The minimum atomic E-state index is -1.18. The molecule has 0 aliphatic carbocycles. The summed E-state index contributed by atoms with van der Waals surface area (Å²) in [5, 5.41) is 19.0. The lowest BCUT2D eigenvalue weighted by atomic mass is 10.1. The first-order valence-electron chi connectivity index (χ1n) is 5.91. The van der Waals surface area contributed by atoms with Crippen LogP contribution in [-0.4, -0.2) is 44.1 Å². The van der Waals surface area contributed by atoms with Gasteiger partial charge in [0.05, 0.1) is 5.69 Å². The zero-order valence-electron chi connectivity index (χ0n) is 11.3. The number of carbonyl (C=O) groups excluding carboxylic acids is 1. The van der Waals surface area contributed by atoms with E-state index in [0.717, 1.165) is 0 Å². The highest BCUT2D eigenvalue weighted by molar-refractivity contribution is 5.86. The van der Waals surface area contributed by atoms with E-state index in [1.807, 2.05) is 20.8 Å². The van der Waals surface area contributed by atoms with Crippen LogP contribution in [0.15, 0.2) is 0 Å². The normalized spacial score (nSPS) is 11.4. The van der Waals surface area contributed by atoms with Crippen LogP contribution in [0, 0.1) is 0 Å². The van der Waals surface area contributed by atoms with E-state index in [-0.39, 0.29) is 30.2 Å². The summed E-state index contributed by atoms with van der Waals surface area (Å²) in [5.41, 5.74) is 5.27. The molecule has 1 aromatic rings. The second-order valence-corrected chi connectivity index (χ2v) is 5.18. The second kappa shape index (κ2) is 5.79. The van der Waals surface area contributed by atoms with E-state index < -0.39 is 5.97 Å². The fourth-order valence-corrected chi connectivity index (χ4v) is 1.60. The van der Waals surface area contributed by atoms with Crippen molar-refractivity contribution in [1.82, 2.24) is 20.3 Å². The Bertz CT molecular complexity index is 475. The SMILES string of the molecule is CC(C)(C)NC(=O)Cn1nnc(C(=O)O)c1CCN. The maximum atomic E-state index is 11.8. The molecule has 1 rings (SSSR count). The summed E-state index contributed by atoms with van der Waals surface area (Å²) in [6, 6.07) is 0. The molecule has 0 saturated carbocycles. The molecule has 1 amide bonds. The van der Waals surface area contributed by atoms with Gasteiger partial charge in [-0.25, -0.2) is 9.48 Å². The lowest BCUT2D eigenvalue weighted by molar-refractivity contribution is -0.123. The van der Waals surface area contributed by atoms with Gasteiger partial charge < -0.3 is 16.2 Å². The lowest BCUT2D eigenvalue weighted by Gasteiger charge is -2.20. The van der Waals surface area contributed by atoms with Crippen molar-refractivity contribution in [3.63, 3.8) is 0 Å². The number of carbonyl (C=O) groups is 2. The van der Waals surface area contributed by atoms with Gasteiger partial charge in [0.2, 0.25) is 5.91 Å². The fourth-order valence-electron chi connectivity index (χ4n) is 1.60. The molecule has 1 heterocycles. The first kappa shape index (κ1) is 15.1. The van der Waals surface area contributed by atoms with E-state index in [9.17, 15) is 9.59 Å². The highest BCUT2D eigenvalue weighted by Gasteiger charge is 2.21. The van der Waals surface area contributed by atoms with Gasteiger partial charge in [-0.2, -0.15) is 0 Å². The summed E-state index contributed by atoms with van der Waals surface area (Å²) in [6.07, 6.45) is 0.303. The summed E-state index contributed by atoms with van der Waals surface area (Å²) in [4.78, 5) is 22.8. The number of hydrogen-bond acceptors (Lipinski definition) is 5. The van der Waals surface area contributed by atoms with Crippen LogP contribution in [0.3, 0.4) is 0 Å². The molecule has 0 fully saturated rings. The molecule has 19 heavy (non-hydrogen) atoms. The van der Waals surface area contributed by atoms with Crippen molar-refractivity contribution in [3.05, 3.63) is 11.4 Å². The van der Waals surface area contributed by atoms with Gasteiger partial charge in [0.15, 0.2) is 5.69 Å². The molecular formula is C11H19N5O3. The molecule has 0 aliphatic rings. The standard InChI is InChI=1S/C11H19N5O3/c1-11(2,3)13-8(17)6-16-7(4-5-12)9(10(18)19)14-15-16/h4-6,12H2,1-3H3,(H,13,17)(H,18,19). The third-order valence-electron chi connectivity index (χ3n) is 2.23. The number of rotatable bonds is 5. The lowest BCUT2D eigenvalue weighted by Crippen LogP contribution is -2.42. The molecule has 0 spiro atoms. The predicted octanol–water partition coefficient (Wildman–Crippen LogP) is -0.608. The van der Waals surface area contributed by atoms with Gasteiger partial charge in [-0.05, 0) is 27.3 Å². The fraction of sp³-hybridized carbons (Fsp3) is 0.636. The van der Waals surface area contributed by atoms with Crippen molar-refractivity contribution in [2.75, 3.05) is 6.54 Å². The molecule has 0 aromatic carbocycles. The first-order valence-corrected chi connectivity index (χ1v) is 5.91. The molecule has 106 valence electrons. The molecular weight excluding hydrogens is 250 g/mol. The molecule has 0 bridgehead atoms. The first-order chi connectivity index (χ1) is 8.74. The Hall–Kier alpha value is -1.96. The topological polar surface area (TPSA) is 123 Å². The Morgan fingerprint density at radius 2 is 2.05 bits per heavy atom. The van der Waals surface area contributed by atoms with Gasteiger partial charge in [-0.3, -0.25) is 4.79 Å². The number of aromatic nitrogens is 3. The van der Waals surface area contributed by atoms with Crippen molar-refractivity contribution in [2.24, 2.45) is 5.73 Å². The minimum absolute atomic E-state index is 0.0765. The van der Waals surface area contributed by atoms with Crippen molar-refractivity contribution in [1.29, 1.82) is 0 Å². The van der Waals surface area contributed by atoms with E-state index in [4.69, 9.17) is 10.8 Å². The smallest absolute Gasteiger partial charge is 0.358 e. The Balaban J connectivity index is 2.89. The number of aromatic carboxylic acids is 1. The van der Waals surface area contributed by atoms with Crippen LogP contribution in [-0.2, 0) is 17.8 Å². The van der Waals surface area contributed by atoms with Gasteiger partial charge in [0.25, 0.3) is 0 Å². The van der Waals surface area contributed by atoms with Crippen LogP contribution in [0.1, 0.15) is 37.0 Å². The van der Waals surface area contributed by atoms with Crippen LogP contribution in [0.5, 0.6) is 0 Å². The average Bonchev–Trinajstić information content (AvgIpc) is 2.59. The second-order valence-electron chi connectivity index (χ2n) is 5.18. The van der Waals surface area contributed by atoms with Gasteiger partial charge in [0, 0.05) is 12.0 Å². The third kappa shape index (κ3) is 4.32. The van der Waals surface area contributed by atoms with Gasteiger partial charge in [-0.15, -0.1) is 5.10 Å². The van der Waals surface area contributed by atoms with Crippen LogP contribution in [0.25, 0.3) is 0 Å². The molecule has 1 aromatic heterocycles. The molecule has 0 aliphatic heterocycles. The maximum Gasteiger partial charge on any atom is 0.358 e. The highest BCUT2D eigenvalue weighted by atomic mass is 16.4. The maximum absolute atomic E-state index is 11.8. The number of hydrogen-bond donors (Lipinski definition) is 3. The van der Waals surface area contributed by atoms with Gasteiger partial charge >= 0.3 is 5.97 Å². The Morgan fingerprint density at radius 3 is 2.53 bits per heavy atom. The third-order valence-corrected chi connectivity index (χ3v) is 2.23. The molecule has 8 heteroatoms.